The van der Waals surface area contributed by atoms with Gasteiger partial charge in [0.1, 0.15) is 5.82 Å². The van der Waals surface area contributed by atoms with Crippen molar-refractivity contribution in [3.8, 4) is 0 Å². The monoisotopic (exact) mass is 413 g/mol. The first-order chi connectivity index (χ1) is 11.8. The second-order valence-corrected chi connectivity index (χ2v) is 6.73. The van der Waals surface area contributed by atoms with E-state index in [1.54, 1.807) is 24.3 Å². The average molecular weight is 414 g/mol. The predicted octanol–water partition coefficient (Wildman–Crippen LogP) is 3.87. The minimum atomic E-state index is -4.39. The second-order valence-electron chi connectivity index (χ2n) is 5.81. The lowest BCUT2D eigenvalue weighted by Gasteiger charge is -2.18. The van der Waals surface area contributed by atoms with E-state index in [4.69, 9.17) is 0 Å². The molecule has 0 saturated carbocycles. The Morgan fingerprint density at radius 1 is 1.20 bits per heavy atom. The zero-order valence-electron chi connectivity index (χ0n) is 13.1. The van der Waals surface area contributed by atoms with Crippen LogP contribution < -0.4 is 10.2 Å². The molecule has 1 atom stereocenters. The standard InChI is InChI=1S/C17H15BrF3N3O/c18-13-4-1-11(2-5-13)16(25)23-14-7-8-24(10-14)15-6-3-12(9-22-15)17(19,20)21/h1-6,9,14H,7-8,10H2,(H,23,25). The lowest BCUT2D eigenvalue weighted by molar-refractivity contribution is -0.137. The van der Waals surface area contributed by atoms with Gasteiger partial charge in [0.15, 0.2) is 0 Å². The molecule has 3 rings (SSSR count). The molecular formula is C17H15BrF3N3O. The van der Waals surface area contributed by atoms with Crippen molar-refractivity contribution in [3.05, 3.63) is 58.2 Å². The zero-order valence-corrected chi connectivity index (χ0v) is 14.6. The van der Waals surface area contributed by atoms with Crippen LogP contribution in [-0.2, 0) is 6.18 Å². The number of amides is 1. The van der Waals surface area contributed by atoms with Crippen LogP contribution in [0.2, 0.25) is 0 Å². The van der Waals surface area contributed by atoms with Crippen LogP contribution in [0.15, 0.2) is 47.1 Å². The van der Waals surface area contributed by atoms with Crippen LogP contribution in [0.25, 0.3) is 0 Å². The number of rotatable bonds is 3. The van der Waals surface area contributed by atoms with Crippen LogP contribution in [0.1, 0.15) is 22.3 Å². The maximum Gasteiger partial charge on any atom is 0.417 e. The van der Waals surface area contributed by atoms with E-state index in [1.807, 2.05) is 4.90 Å². The van der Waals surface area contributed by atoms with Gasteiger partial charge in [-0.15, -0.1) is 0 Å². The Morgan fingerprint density at radius 2 is 1.92 bits per heavy atom. The van der Waals surface area contributed by atoms with Gasteiger partial charge in [0.2, 0.25) is 0 Å². The molecule has 0 aliphatic carbocycles. The van der Waals surface area contributed by atoms with Gasteiger partial charge in [-0.2, -0.15) is 13.2 Å². The Bertz CT molecular complexity index is 747. The number of carbonyl (C=O) groups excluding carboxylic acids is 1. The molecule has 25 heavy (non-hydrogen) atoms. The highest BCUT2D eigenvalue weighted by atomic mass is 79.9. The molecule has 8 heteroatoms. The van der Waals surface area contributed by atoms with Gasteiger partial charge in [0.05, 0.1) is 5.56 Å². The smallest absolute Gasteiger partial charge is 0.354 e. The van der Waals surface area contributed by atoms with E-state index < -0.39 is 11.7 Å². The molecule has 4 nitrogen and oxygen atoms in total. The van der Waals surface area contributed by atoms with Crippen molar-refractivity contribution in [2.45, 2.75) is 18.6 Å². The lowest BCUT2D eigenvalue weighted by atomic mass is 10.2. The molecular weight excluding hydrogens is 399 g/mol. The molecule has 0 spiro atoms. The molecule has 0 radical (unpaired) electrons. The summed E-state index contributed by atoms with van der Waals surface area (Å²) in [5, 5.41) is 2.95. The summed E-state index contributed by atoms with van der Waals surface area (Å²) in [7, 11) is 0. The molecule has 1 aliphatic heterocycles. The van der Waals surface area contributed by atoms with Crippen LogP contribution in [0.3, 0.4) is 0 Å². The van der Waals surface area contributed by atoms with Crippen LogP contribution in [0.4, 0.5) is 19.0 Å². The van der Waals surface area contributed by atoms with Gasteiger partial charge in [-0.1, -0.05) is 15.9 Å². The molecule has 1 aliphatic rings. The topological polar surface area (TPSA) is 45.2 Å². The molecule has 1 aromatic carbocycles. The molecule has 2 heterocycles. The third-order valence-corrected chi connectivity index (χ3v) is 4.56. The number of benzene rings is 1. The van der Waals surface area contributed by atoms with Crippen molar-refractivity contribution in [2.75, 3.05) is 18.0 Å². The first-order valence-electron chi connectivity index (χ1n) is 7.67. The molecule has 1 unspecified atom stereocenters. The third-order valence-electron chi connectivity index (χ3n) is 4.03. The van der Waals surface area contributed by atoms with Crippen LogP contribution in [-0.4, -0.2) is 30.0 Å². The van der Waals surface area contributed by atoms with Crippen molar-refractivity contribution in [1.29, 1.82) is 0 Å². The van der Waals surface area contributed by atoms with Gasteiger partial charge in [-0.25, -0.2) is 4.98 Å². The molecule has 1 aromatic heterocycles. The number of alkyl halides is 3. The summed E-state index contributed by atoms with van der Waals surface area (Å²) in [4.78, 5) is 18.0. The van der Waals surface area contributed by atoms with Crippen LogP contribution in [0.5, 0.6) is 0 Å². The van der Waals surface area contributed by atoms with E-state index in [0.717, 1.165) is 16.7 Å². The van der Waals surface area contributed by atoms with Crippen molar-refractivity contribution < 1.29 is 18.0 Å². The summed E-state index contributed by atoms with van der Waals surface area (Å²) >= 11 is 3.32. The zero-order chi connectivity index (χ0) is 18.0. The Labute approximate surface area is 151 Å². The molecule has 1 fully saturated rings. The number of anilines is 1. The molecule has 132 valence electrons. The fourth-order valence-electron chi connectivity index (χ4n) is 2.70. The predicted molar refractivity (Wildman–Crippen MR) is 91.5 cm³/mol. The number of carbonyl (C=O) groups is 1. The largest absolute Gasteiger partial charge is 0.417 e. The van der Waals surface area contributed by atoms with Crippen LogP contribution >= 0.6 is 15.9 Å². The van der Waals surface area contributed by atoms with E-state index in [9.17, 15) is 18.0 Å². The van der Waals surface area contributed by atoms with Gasteiger partial charge in [-0.05, 0) is 42.8 Å². The summed E-state index contributed by atoms with van der Waals surface area (Å²) in [6.07, 6.45) is -2.84. The number of hydrogen-bond donors (Lipinski definition) is 1. The van der Waals surface area contributed by atoms with E-state index in [1.165, 1.54) is 6.07 Å². The van der Waals surface area contributed by atoms with E-state index in [0.29, 0.717) is 30.9 Å². The highest BCUT2D eigenvalue weighted by molar-refractivity contribution is 9.10. The summed E-state index contributed by atoms with van der Waals surface area (Å²) in [6.45, 7) is 1.14. The molecule has 1 saturated heterocycles. The summed E-state index contributed by atoms with van der Waals surface area (Å²) in [5.41, 5.74) is -0.204. The lowest BCUT2D eigenvalue weighted by Crippen LogP contribution is -2.37. The summed E-state index contributed by atoms with van der Waals surface area (Å²) in [6, 6.07) is 9.36. The minimum absolute atomic E-state index is 0.0692. The molecule has 0 bridgehead atoms. The van der Waals surface area contributed by atoms with Crippen molar-refractivity contribution >= 4 is 27.7 Å². The SMILES string of the molecule is O=C(NC1CCN(c2ccc(C(F)(F)F)cn2)C1)c1ccc(Br)cc1. The highest BCUT2D eigenvalue weighted by Crippen LogP contribution is 2.29. The van der Waals surface area contributed by atoms with Gasteiger partial charge in [0.25, 0.3) is 5.91 Å². The number of nitrogens with one attached hydrogen (secondary N) is 1. The fourth-order valence-corrected chi connectivity index (χ4v) is 2.96. The number of hydrogen-bond acceptors (Lipinski definition) is 3. The normalized spacial score (nSPS) is 17.6. The van der Waals surface area contributed by atoms with Gasteiger partial charge in [0, 0.05) is 35.4 Å². The molecule has 1 amide bonds. The van der Waals surface area contributed by atoms with Crippen molar-refractivity contribution in [2.24, 2.45) is 0 Å². The first-order valence-corrected chi connectivity index (χ1v) is 8.47. The number of halogens is 4. The highest BCUT2D eigenvalue weighted by Gasteiger charge is 2.31. The average Bonchev–Trinajstić information content (AvgIpc) is 3.03. The number of aromatic nitrogens is 1. The first kappa shape index (κ1) is 17.7. The van der Waals surface area contributed by atoms with Gasteiger partial charge >= 0.3 is 6.18 Å². The summed E-state index contributed by atoms with van der Waals surface area (Å²) < 4.78 is 38.6. The van der Waals surface area contributed by atoms with Crippen LogP contribution in [0, 0.1) is 0 Å². The van der Waals surface area contributed by atoms with E-state index in [-0.39, 0.29) is 11.9 Å². The third kappa shape index (κ3) is 4.31. The fraction of sp³-hybridized carbons (Fsp3) is 0.294. The summed E-state index contributed by atoms with van der Waals surface area (Å²) in [5.74, 6) is 0.313. The van der Waals surface area contributed by atoms with Gasteiger partial charge in [-0.3, -0.25) is 4.79 Å². The Morgan fingerprint density at radius 3 is 2.52 bits per heavy atom. The molecule has 1 N–H and O–H groups in total. The van der Waals surface area contributed by atoms with E-state index in [2.05, 4.69) is 26.2 Å². The maximum atomic E-state index is 12.6. The van der Waals surface area contributed by atoms with Gasteiger partial charge < -0.3 is 10.2 Å². The number of pyridine rings is 1. The molecule has 2 aromatic rings. The quantitative estimate of drug-likeness (QED) is 0.830. The van der Waals surface area contributed by atoms with E-state index >= 15 is 0 Å². The Balaban J connectivity index is 1.60. The Kier molecular flexibility index (Phi) is 4.99. The maximum absolute atomic E-state index is 12.6. The Hall–Kier alpha value is -2.09. The van der Waals surface area contributed by atoms with Crippen molar-refractivity contribution in [1.82, 2.24) is 10.3 Å². The number of nitrogens with zero attached hydrogens (tertiary/aromatic N) is 2. The minimum Gasteiger partial charge on any atom is -0.354 e. The van der Waals surface area contributed by atoms with Crippen molar-refractivity contribution in [3.63, 3.8) is 0 Å². The second kappa shape index (κ2) is 7.03.